The molecule has 1 fully saturated rings. The molecule has 0 heterocycles. The van der Waals surface area contributed by atoms with Gasteiger partial charge in [0.15, 0.2) is 0 Å². The normalized spacial score (nSPS) is 20.0. The first-order chi connectivity index (χ1) is 16.5. The van der Waals surface area contributed by atoms with E-state index in [0.29, 0.717) is 19.4 Å². The summed E-state index contributed by atoms with van der Waals surface area (Å²) in [6.45, 7) is 0.0995. The lowest BCUT2D eigenvalue weighted by atomic mass is 9.81. The average Bonchev–Trinajstić information content (AvgIpc) is 3.18. The molecule has 2 aliphatic rings. The molecule has 0 aromatic heterocycles. The molecule has 0 aliphatic heterocycles. The molecular formula is C26H30N2O6. The van der Waals surface area contributed by atoms with Crippen molar-refractivity contribution in [2.45, 2.75) is 37.6 Å². The average molecular weight is 467 g/mol. The van der Waals surface area contributed by atoms with Gasteiger partial charge in [0.1, 0.15) is 12.6 Å². The van der Waals surface area contributed by atoms with E-state index in [0.717, 1.165) is 12.8 Å². The number of aliphatic hydroxyl groups is 1. The van der Waals surface area contributed by atoms with Gasteiger partial charge in [0.25, 0.3) is 0 Å². The molecule has 4 rings (SSSR count). The molecule has 0 unspecified atom stereocenters. The van der Waals surface area contributed by atoms with Gasteiger partial charge in [-0.15, -0.1) is 0 Å². The Bertz CT molecular complexity index is 1000. The van der Waals surface area contributed by atoms with E-state index in [1.807, 2.05) is 24.3 Å². The van der Waals surface area contributed by atoms with Crippen LogP contribution in [0.15, 0.2) is 48.5 Å². The van der Waals surface area contributed by atoms with E-state index >= 15 is 0 Å². The quantitative estimate of drug-likeness (QED) is 0.474. The summed E-state index contributed by atoms with van der Waals surface area (Å²) in [6.07, 6.45) is 2.27. The number of carbonyl (C=O) groups is 3. The van der Waals surface area contributed by atoms with Crippen molar-refractivity contribution in [2.24, 2.45) is 11.8 Å². The Hall–Kier alpha value is -3.39. The van der Waals surface area contributed by atoms with Crippen LogP contribution in [0.3, 0.4) is 0 Å². The number of fused-ring (bicyclic) bond motifs is 3. The predicted octanol–water partition coefficient (Wildman–Crippen LogP) is 2.89. The third-order valence-corrected chi connectivity index (χ3v) is 6.89. The van der Waals surface area contributed by atoms with Crippen molar-refractivity contribution in [2.75, 3.05) is 19.8 Å². The number of benzene rings is 2. The molecule has 4 N–H and O–H groups in total. The van der Waals surface area contributed by atoms with Crippen molar-refractivity contribution in [3.63, 3.8) is 0 Å². The van der Waals surface area contributed by atoms with Gasteiger partial charge in [-0.2, -0.15) is 0 Å². The summed E-state index contributed by atoms with van der Waals surface area (Å²) < 4.78 is 5.58. The fraction of sp³-hybridized carbons (Fsp3) is 0.423. The number of amides is 2. The number of alkyl carbamates (subject to hydrolysis) is 1. The number of aliphatic hydroxyl groups excluding tert-OH is 1. The fourth-order valence-electron chi connectivity index (χ4n) is 4.98. The standard InChI is InChI=1S/C26H30N2O6/c29-14-23(25(31)32)28-24(30)17-11-9-16(10-12-17)13-27-26(33)34-15-22-20-7-3-1-5-18(20)19-6-2-4-8-21(19)22/h1-8,16-17,22-23,29H,9-15H2,(H,27,33)(H,28,30)(H,31,32)/t16?,17?,23-/m0/s1. The molecule has 2 aliphatic carbocycles. The lowest BCUT2D eigenvalue weighted by Crippen LogP contribution is -2.46. The molecule has 0 saturated heterocycles. The van der Waals surface area contributed by atoms with Crippen LogP contribution in [0.4, 0.5) is 4.79 Å². The maximum absolute atomic E-state index is 12.4. The Morgan fingerprint density at radius 1 is 0.941 bits per heavy atom. The van der Waals surface area contributed by atoms with Gasteiger partial charge in [-0.05, 0) is 53.9 Å². The van der Waals surface area contributed by atoms with Gasteiger partial charge in [-0.1, -0.05) is 48.5 Å². The zero-order valence-corrected chi connectivity index (χ0v) is 18.9. The lowest BCUT2D eigenvalue weighted by Gasteiger charge is -2.28. The Kier molecular flexibility index (Phi) is 7.47. The van der Waals surface area contributed by atoms with E-state index in [4.69, 9.17) is 14.9 Å². The number of hydrogen-bond acceptors (Lipinski definition) is 5. The molecule has 1 saturated carbocycles. The van der Waals surface area contributed by atoms with Gasteiger partial charge in [0.2, 0.25) is 5.91 Å². The smallest absolute Gasteiger partial charge is 0.407 e. The van der Waals surface area contributed by atoms with Crippen LogP contribution < -0.4 is 10.6 Å². The first-order valence-electron chi connectivity index (χ1n) is 11.7. The molecule has 1 atom stereocenters. The molecule has 2 aromatic carbocycles. The lowest BCUT2D eigenvalue weighted by molar-refractivity contribution is -0.143. The summed E-state index contributed by atoms with van der Waals surface area (Å²) in [5.41, 5.74) is 4.70. The summed E-state index contributed by atoms with van der Waals surface area (Å²) in [7, 11) is 0. The molecule has 8 heteroatoms. The number of carboxylic acid groups (broad SMARTS) is 1. The van der Waals surface area contributed by atoms with E-state index < -0.39 is 24.7 Å². The van der Waals surface area contributed by atoms with E-state index in [1.165, 1.54) is 22.3 Å². The maximum Gasteiger partial charge on any atom is 0.407 e. The predicted molar refractivity (Wildman–Crippen MR) is 125 cm³/mol. The van der Waals surface area contributed by atoms with Gasteiger partial charge in [-0.3, -0.25) is 4.79 Å². The van der Waals surface area contributed by atoms with Crippen LogP contribution in [0.25, 0.3) is 11.1 Å². The SMILES string of the molecule is O=C(NCC1CCC(C(=O)N[C@@H](CO)C(=O)O)CC1)OCC1c2ccccc2-c2ccccc21. The van der Waals surface area contributed by atoms with Crippen LogP contribution >= 0.6 is 0 Å². The Morgan fingerprint density at radius 3 is 2.09 bits per heavy atom. The topological polar surface area (TPSA) is 125 Å². The minimum Gasteiger partial charge on any atom is -0.480 e. The molecule has 2 aromatic rings. The van der Waals surface area contributed by atoms with Gasteiger partial charge < -0.3 is 25.6 Å². The Labute approximate surface area is 198 Å². The number of hydrogen-bond donors (Lipinski definition) is 4. The Morgan fingerprint density at radius 2 is 1.53 bits per heavy atom. The van der Waals surface area contributed by atoms with Crippen LogP contribution in [0.2, 0.25) is 0 Å². The van der Waals surface area contributed by atoms with E-state index in [-0.39, 0.29) is 30.3 Å². The van der Waals surface area contributed by atoms with Gasteiger partial charge in [0.05, 0.1) is 6.61 Å². The number of rotatable bonds is 8. The van der Waals surface area contributed by atoms with Gasteiger partial charge in [0, 0.05) is 18.4 Å². The minimum absolute atomic E-state index is 0.0145. The summed E-state index contributed by atoms with van der Waals surface area (Å²) in [6, 6.07) is 15.1. The summed E-state index contributed by atoms with van der Waals surface area (Å²) in [5.74, 6) is -1.63. The third kappa shape index (κ3) is 5.22. The summed E-state index contributed by atoms with van der Waals surface area (Å²) >= 11 is 0. The summed E-state index contributed by atoms with van der Waals surface area (Å²) in [4.78, 5) is 35.6. The first-order valence-corrected chi connectivity index (χ1v) is 11.7. The van der Waals surface area contributed by atoms with Gasteiger partial charge in [-0.25, -0.2) is 9.59 Å². The molecule has 34 heavy (non-hydrogen) atoms. The molecule has 180 valence electrons. The van der Waals surface area contributed by atoms with Crippen LogP contribution in [0.5, 0.6) is 0 Å². The zero-order valence-electron chi connectivity index (χ0n) is 18.9. The highest BCUT2D eigenvalue weighted by Gasteiger charge is 2.31. The van der Waals surface area contributed by atoms with Crippen molar-refractivity contribution in [1.29, 1.82) is 0 Å². The Balaban J connectivity index is 1.22. The van der Waals surface area contributed by atoms with Crippen LogP contribution in [-0.2, 0) is 14.3 Å². The summed E-state index contributed by atoms with van der Waals surface area (Å²) in [5, 5.41) is 23.3. The van der Waals surface area contributed by atoms with Crippen molar-refractivity contribution >= 4 is 18.0 Å². The third-order valence-electron chi connectivity index (χ3n) is 6.89. The fourth-order valence-corrected chi connectivity index (χ4v) is 4.98. The monoisotopic (exact) mass is 466 g/mol. The molecule has 8 nitrogen and oxygen atoms in total. The molecule has 0 spiro atoms. The first kappa shape index (κ1) is 23.8. The highest BCUT2D eigenvalue weighted by atomic mass is 16.5. The number of carbonyl (C=O) groups excluding carboxylic acids is 2. The van der Waals surface area contributed by atoms with Crippen LogP contribution in [0, 0.1) is 11.8 Å². The number of ether oxygens (including phenoxy) is 1. The van der Waals surface area contributed by atoms with Crippen molar-refractivity contribution in [3.8, 4) is 11.1 Å². The largest absolute Gasteiger partial charge is 0.480 e. The molecule has 0 radical (unpaired) electrons. The van der Waals surface area contributed by atoms with E-state index in [1.54, 1.807) is 0 Å². The maximum atomic E-state index is 12.4. The molecule has 0 bridgehead atoms. The van der Waals surface area contributed by atoms with Gasteiger partial charge >= 0.3 is 12.1 Å². The highest BCUT2D eigenvalue weighted by Crippen LogP contribution is 2.44. The second-order valence-corrected chi connectivity index (χ2v) is 9.01. The van der Waals surface area contributed by atoms with Crippen LogP contribution in [0.1, 0.15) is 42.7 Å². The van der Waals surface area contributed by atoms with Crippen molar-refractivity contribution in [3.05, 3.63) is 59.7 Å². The number of aliphatic carboxylic acids is 1. The van der Waals surface area contributed by atoms with E-state index in [2.05, 4.69) is 34.9 Å². The van der Waals surface area contributed by atoms with E-state index in [9.17, 15) is 14.4 Å². The second kappa shape index (κ2) is 10.7. The van der Waals surface area contributed by atoms with Crippen molar-refractivity contribution < 1.29 is 29.3 Å². The second-order valence-electron chi connectivity index (χ2n) is 9.01. The number of carboxylic acids is 1. The highest BCUT2D eigenvalue weighted by molar-refractivity contribution is 5.85. The molecular weight excluding hydrogens is 436 g/mol. The van der Waals surface area contributed by atoms with Crippen molar-refractivity contribution in [1.82, 2.24) is 10.6 Å². The molecule has 2 amide bonds. The minimum atomic E-state index is -1.28. The van der Waals surface area contributed by atoms with Crippen LogP contribution in [-0.4, -0.2) is 54.0 Å². The zero-order chi connectivity index (χ0) is 24.1. The number of nitrogens with one attached hydrogen (secondary N) is 2.